The molecule has 2 amide bonds. The summed E-state index contributed by atoms with van der Waals surface area (Å²) < 4.78 is 1.98. The number of rotatable bonds is 4. The number of urea groups is 1. The first-order chi connectivity index (χ1) is 13.7. The van der Waals surface area contributed by atoms with Crippen LogP contribution in [0.4, 0.5) is 16.2 Å². The number of benzene rings is 2. The normalized spacial score (nSPS) is 13.5. The zero-order valence-electron chi connectivity index (χ0n) is 15.5. The van der Waals surface area contributed by atoms with Gasteiger partial charge in [-0.05, 0) is 49.2 Å². The van der Waals surface area contributed by atoms with E-state index in [2.05, 4.69) is 15.4 Å². The topological polar surface area (TPSA) is 63.1 Å². The van der Waals surface area contributed by atoms with Crippen LogP contribution in [0.3, 0.4) is 0 Å². The minimum Gasteiger partial charge on any atom is -0.308 e. The van der Waals surface area contributed by atoms with E-state index in [1.165, 1.54) is 6.42 Å². The number of anilines is 2. The van der Waals surface area contributed by atoms with Crippen molar-refractivity contribution >= 4 is 29.0 Å². The minimum atomic E-state index is -0.237. The standard InChI is InChI=1S/C21H22ClN5O/c22-16-10-12-18(13-11-16)26(21(28)23-17-7-3-1-4-8-17)15-19-24-20-9-5-2-6-14-27(20)25-19/h1,3-4,7-8,10-13H,2,5-6,9,14-15H2,(H,23,28). The number of nitrogens with zero attached hydrogens (tertiary/aromatic N) is 4. The summed E-state index contributed by atoms with van der Waals surface area (Å²) >= 11 is 6.02. The van der Waals surface area contributed by atoms with Gasteiger partial charge in [-0.2, -0.15) is 5.10 Å². The molecule has 7 heteroatoms. The van der Waals surface area contributed by atoms with Crippen molar-refractivity contribution in [2.24, 2.45) is 0 Å². The summed E-state index contributed by atoms with van der Waals surface area (Å²) in [4.78, 5) is 19.3. The third-order valence-electron chi connectivity index (χ3n) is 4.77. The van der Waals surface area contributed by atoms with Crippen LogP contribution < -0.4 is 10.2 Å². The molecular weight excluding hydrogens is 374 g/mol. The van der Waals surface area contributed by atoms with Gasteiger partial charge in [-0.3, -0.25) is 4.90 Å². The number of nitrogens with one attached hydrogen (secondary N) is 1. The van der Waals surface area contributed by atoms with E-state index >= 15 is 0 Å². The third-order valence-corrected chi connectivity index (χ3v) is 5.02. The van der Waals surface area contributed by atoms with Crippen molar-refractivity contribution in [3.05, 3.63) is 71.3 Å². The molecule has 0 spiro atoms. The zero-order valence-corrected chi connectivity index (χ0v) is 16.3. The Hall–Kier alpha value is -2.86. The van der Waals surface area contributed by atoms with Gasteiger partial charge in [0.1, 0.15) is 5.82 Å². The first-order valence-electron chi connectivity index (χ1n) is 9.51. The lowest BCUT2D eigenvalue weighted by Gasteiger charge is -2.22. The van der Waals surface area contributed by atoms with Crippen molar-refractivity contribution in [1.82, 2.24) is 14.8 Å². The molecule has 1 aliphatic heterocycles. The molecule has 0 aliphatic carbocycles. The molecule has 0 radical (unpaired) electrons. The molecule has 1 aromatic heterocycles. The summed E-state index contributed by atoms with van der Waals surface area (Å²) in [5, 5.41) is 8.20. The van der Waals surface area contributed by atoms with Gasteiger partial charge in [-0.15, -0.1) is 0 Å². The number of para-hydroxylation sites is 1. The lowest BCUT2D eigenvalue weighted by molar-refractivity contribution is 0.256. The van der Waals surface area contributed by atoms with E-state index in [9.17, 15) is 4.79 Å². The fourth-order valence-corrected chi connectivity index (χ4v) is 3.46. The van der Waals surface area contributed by atoms with Gasteiger partial charge in [-0.25, -0.2) is 14.5 Å². The van der Waals surface area contributed by atoms with Crippen molar-refractivity contribution in [3.63, 3.8) is 0 Å². The Morgan fingerprint density at radius 3 is 2.64 bits per heavy atom. The number of aromatic nitrogens is 3. The Labute approximate surface area is 169 Å². The second kappa shape index (κ2) is 8.44. The van der Waals surface area contributed by atoms with Gasteiger partial charge >= 0.3 is 6.03 Å². The van der Waals surface area contributed by atoms with Crippen LogP contribution in [0, 0.1) is 0 Å². The summed E-state index contributed by atoms with van der Waals surface area (Å²) in [6, 6.07) is 16.4. The lowest BCUT2D eigenvalue weighted by Crippen LogP contribution is -2.35. The lowest BCUT2D eigenvalue weighted by atomic mass is 10.2. The van der Waals surface area contributed by atoms with Crippen LogP contribution in [-0.4, -0.2) is 20.8 Å². The number of amides is 2. The number of halogens is 1. The number of fused-ring (bicyclic) bond motifs is 1. The summed E-state index contributed by atoms with van der Waals surface area (Å²) in [5.74, 6) is 1.65. The Balaban J connectivity index is 1.59. The maximum atomic E-state index is 13.0. The number of carbonyl (C=O) groups excluding carboxylic acids is 1. The van der Waals surface area contributed by atoms with Gasteiger partial charge in [0.25, 0.3) is 0 Å². The third kappa shape index (κ3) is 4.34. The molecule has 2 heterocycles. The van der Waals surface area contributed by atoms with Gasteiger partial charge in [0.15, 0.2) is 5.82 Å². The van der Waals surface area contributed by atoms with Crippen molar-refractivity contribution in [2.45, 2.75) is 38.8 Å². The fraction of sp³-hybridized carbons (Fsp3) is 0.286. The smallest absolute Gasteiger partial charge is 0.308 e. The van der Waals surface area contributed by atoms with E-state index in [1.807, 2.05) is 47.1 Å². The molecule has 1 N–H and O–H groups in total. The van der Waals surface area contributed by atoms with Crippen LogP contribution in [0.2, 0.25) is 5.02 Å². The van der Waals surface area contributed by atoms with Gasteiger partial charge in [-0.1, -0.05) is 36.2 Å². The Kier molecular flexibility index (Phi) is 5.58. The molecule has 0 fully saturated rings. The fourth-order valence-electron chi connectivity index (χ4n) is 3.33. The molecule has 6 nitrogen and oxygen atoms in total. The maximum absolute atomic E-state index is 13.0. The summed E-state index contributed by atoms with van der Waals surface area (Å²) in [5.41, 5.74) is 1.47. The molecule has 3 aromatic rings. The number of hydrogen-bond acceptors (Lipinski definition) is 3. The quantitative estimate of drug-likeness (QED) is 0.683. The maximum Gasteiger partial charge on any atom is 0.326 e. The first kappa shape index (κ1) is 18.5. The molecule has 28 heavy (non-hydrogen) atoms. The van der Waals surface area contributed by atoms with E-state index in [0.717, 1.165) is 43.0 Å². The molecular formula is C21H22ClN5O. The second-order valence-electron chi connectivity index (χ2n) is 6.84. The highest BCUT2D eigenvalue weighted by molar-refractivity contribution is 6.30. The van der Waals surface area contributed by atoms with Gasteiger partial charge in [0, 0.05) is 29.4 Å². The average molecular weight is 396 g/mol. The highest BCUT2D eigenvalue weighted by atomic mass is 35.5. The largest absolute Gasteiger partial charge is 0.326 e. The molecule has 0 saturated carbocycles. The highest BCUT2D eigenvalue weighted by Crippen LogP contribution is 2.22. The monoisotopic (exact) mass is 395 g/mol. The van der Waals surface area contributed by atoms with E-state index < -0.39 is 0 Å². The number of aryl methyl sites for hydroxylation is 2. The first-order valence-corrected chi connectivity index (χ1v) is 9.88. The number of carbonyl (C=O) groups is 1. The SMILES string of the molecule is O=C(Nc1ccccc1)N(Cc1nc2n(n1)CCCCC2)c1ccc(Cl)cc1. The predicted molar refractivity (Wildman–Crippen MR) is 111 cm³/mol. The van der Waals surface area contributed by atoms with E-state index in [1.54, 1.807) is 17.0 Å². The van der Waals surface area contributed by atoms with Crippen molar-refractivity contribution in [3.8, 4) is 0 Å². The van der Waals surface area contributed by atoms with Gasteiger partial charge in [0.2, 0.25) is 0 Å². The van der Waals surface area contributed by atoms with Crippen molar-refractivity contribution in [2.75, 3.05) is 10.2 Å². The molecule has 4 rings (SSSR count). The van der Waals surface area contributed by atoms with Gasteiger partial charge < -0.3 is 5.32 Å². The van der Waals surface area contributed by atoms with Crippen LogP contribution >= 0.6 is 11.6 Å². The summed E-state index contributed by atoms with van der Waals surface area (Å²) in [7, 11) is 0. The average Bonchev–Trinajstić information content (AvgIpc) is 2.96. The molecule has 0 bridgehead atoms. The molecule has 2 aromatic carbocycles. The van der Waals surface area contributed by atoms with Crippen molar-refractivity contribution < 1.29 is 4.79 Å². The second-order valence-corrected chi connectivity index (χ2v) is 7.27. The highest BCUT2D eigenvalue weighted by Gasteiger charge is 2.20. The summed E-state index contributed by atoms with van der Waals surface area (Å²) in [6.45, 7) is 1.18. The molecule has 1 aliphatic rings. The molecule has 0 atom stereocenters. The van der Waals surface area contributed by atoms with Crippen LogP contribution in [0.1, 0.15) is 30.9 Å². The van der Waals surface area contributed by atoms with E-state index in [-0.39, 0.29) is 6.03 Å². The van der Waals surface area contributed by atoms with Gasteiger partial charge in [0.05, 0.1) is 6.54 Å². The van der Waals surface area contributed by atoms with E-state index in [0.29, 0.717) is 17.4 Å². The predicted octanol–water partition coefficient (Wildman–Crippen LogP) is 4.90. The Bertz CT molecular complexity index is 916. The zero-order chi connectivity index (χ0) is 19.3. The van der Waals surface area contributed by atoms with Crippen LogP contribution in [0.25, 0.3) is 0 Å². The molecule has 144 valence electrons. The molecule has 0 saturated heterocycles. The van der Waals surface area contributed by atoms with Crippen LogP contribution in [-0.2, 0) is 19.5 Å². The molecule has 0 unspecified atom stereocenters. The Morgan fingerprint density at radius 2 is 1.86 bits per heavy atom. The van der Waals surface area contributed by atoms with Crippen molar-refractivity contribution in [1.29, 1.82) is 0 Å². The Morgan fingerprint density at radius 1 is 1.07 bits per heavy atom. The van der Waals surface area contributed by atoms with Crippen LogP contribution in [0.15, 0.2) is 54.6 Å². The van der Waals surface area contributed by atoms with E-state index in [4.69, 9.17) is 11.6 Å². The van der Waals surface area contributed by atoms with Crippen LogP contribution in [0.5, 0.6) is 0 Å². The number of hydrogen-bond donors (Lipinski definition) is 1. The minimum absolute atomic E-state index is 0.237. The summed E-state index contributed by atoms with van der Waals surface area (Å²) in [6.07, 6.45) is 4.39.